The van der Waals surface area contributed by atoms with Crippen LogP contribution in [-0.4, -0.2) is 10.9 Å². The van der Waals surface area contributed by atoms with Crippen molar-refractivity contribution in [1.82, 2.24) is 4.98 Å². The molecule has 0 saturated heterocycles. The SMILES string of the molecule is N#Cc1sc(NC(=O)C2CCCC2)nc1-c1ccccc1. The highest BCUT2D eigenvalue weighted by molar-refractivity contribution is 7.16. The Bertz CT molecular complexity index is 681. The lowest BCUT2D eigenvalue weighted by Crippen LogP contribution is -2.20. The first-order chi connectivity index (χ1) is 10.3. The number of carbonyl (C=O) groups is 1. The summed E-state index contributed by atoms with van der Waals surface area (Å²) in [7, 11) is 0. The Hall–Kier alpha value is -2.19. The van der Waals surface area contributed by atoms with Gasteiger partial charge in [-0.15, -0.1) is 0 Å². The Morgan fingerprint density at radius 2 is 2.00 bits per heavy atom. The van der Waals surface area contributed by atoms with E-state index in [2.05, 4.69) is 16.4 Å². The van der Waals surface area contributed by atoms with E-state index in [1.807, 2.05) is 30.3 Å². The van der Waals surface area contributed by atoms with Crippen LogP contribution in [0.4, 0.5) is 5.13 Å². The molecule has 1 saturated carbocycles. The van der Waals surface area contributed by atoms with Crippen LogP contribution in [0.1, 0.15) is 30.6 Å². The summed E-state index contributed by atoms with van der Waals surface area (Å²) >= 11 is 1.24. The number of anilines is 1. The summed E-state index contributed by atoms with van der Waals surface area (Å²) in [6.07, 6.45) is 4.14. The summed E-state index contributed by atoms with van der Waals surface area (Å²) < 4.78 is 0. The first kappa shape index (κ1) is 13.8. The predicted molar refractivity (Wildman–Crippen MR) is 82.9 cm³/mol. The summed E-state index contributed by atoms with van der Waals surface area (Å²) in [4.78, 5) is 17.1. The third-order valence-electron chi connectivity index (χ3n) is 3.73. The maximum absolute atomic E-state index is 12.1. The van der Waals surface area contributed by atoms with Gasteiger partial charge in [-0.2, -0.15) is 5.26 Å². The molecule has 1 aromatic heterocycles. The van der Waals surface area contributed by atoms with Crippen molar-refractivity contribution in [3.05, 3.63) is 35.2 Å². The average Bonchev–Trinajstić information content (AvgIpc) is 3.17. The van der Waals surface area contributed by atoms with Crippen LogP contribution in [0.25, 0.3) is 11.3 Å². The third-order valence-corrected chi connectivity index (χ3v) is 4.61. The molecule has 1 aliphatic carbocycles. The van der Waals surface area contributed by atoms with Crippen molar-refractivity contribution >= 4 is 22.4 Å². The summed E-state index contributed by atoms with van der Waals surface area (Å²) in [6, 6.07) is 11.7. The molecule has 1 amide bonds. The summed E-state index contributed by atoms with van der Waals surface area (Å²) in [6.45, 7) is 0. The van der Waals surface area contributed by atoms with E-state index >= 15 is 0 Å². The minimum Gasteiger partial charge on any atom is -0.302 e. The number of carbonyl (C=O) groups excluding carboxylic acids is 1. The highest BCUT2D eigenvalue weighted by Gasteiger charge is 2.24. The summed E-state index contributed by atoms with van der Waals surface area (Å²) in [5.74, 6) is 0.130. The molecule has 1 N–H and O–H groups in total. The number of nitrogens with one attached hydrogen (secondary N) is 1. The monoisotopic (exact) mass is 297 g/mol. The number of rotatable bonds is 3. The van der Waals surface area contributed by atoms with Crippen LogP contribution in [0.15, 0.2) is 30.3 Å². The molecule has 106 valence electrons. The molecule has 1 heterocycles. The zero-order valence-electron chi connectivity index (χ0n) is 11.5. The second-order valence-corrected chi connectivity index (χ2v) is 6.14. The van der Waals surface area contributed by atoms with E-state index in [0.29, 0.717) is 15.7 Å². The summed E-state index contributed by atoms with van der Waals surface area (Å²) in [5.41, 5.74) is 1.54. The smallest absolute Gasteiger partial charge is 0.229 e. The van der Waals surface area contributed by atoms with E-state index in [9.17, 15) is 10.1 Å². The minimum atomic E-state index is 0.0327. The number of hydrogen-bond acceptors (Lipinski definition) is 4. The van der Waals surface area contributed by atoms with Crippen molar-refractivity contribution in [3.63, 3.8) is 0 Å². The highest BCUT2D eigenvalue weighted by Crippen LogP contribution is 2.32. The van der Waals surface area contributed by atoms with E-state index < -0.39 is 0 Å². The van der Waals surface area contributed by atoms with Gasteiger partial charge in [0.05, 0.1) is 0 Å². The van der Waals surface area contributed by atoms with Crippen molar-refractivity contribution in [2.45, 2.75) is 25.7 Å². The molecule has 0 spiro atoms. The van der Waals surface area contributed by atoms with Gasteiger partial charge >= 0.3 is 0 Å². The van der Waals surface area contributed by atoms with Crippen LogP contribution in [0, 0.1) is 17.2 Å². The maximum atomic E-state index is 12.1. The molecular weight excluding hydrogens is 282 g/mol. The van der Waals surface area contributed by atoms with E-state index in [1.165, 1.54) is 11.3 Å². The molecule has 1 fully saturated rings. The van der Waals surface area contributed by atoms with Crippen molar-refractivity contribution in [2.75, 3.05) is 5.32 Å². The van der Waals surface area contributed by atoms with Gasteiger partial charge in [0.25, 0.3) is 0 Å². The highest BCUT2D eigenvalue weighted by atomic mass is 32.1. The van der Waals surface area contributed by atoms with Crippen molar-refractivity contribution < 1.29 is 4.79 Å². The molecule has 5 heteroatoms. The van der Waals surface area contributed by atoms with Gasteiger partial charge in [0.2, 0.25) is 5.91 Å². The van der Waals surface area contributed by atoms with Crippen LogP contribution in [0.3, 0.4) is 0 Å². The van der Waals surface area contributed by atoms with Gasteiger partial charge in [-0.05, 0) is 12.8 Å². The zero-order valence-corrected chi connectivity index (χ0v) is 12.3. The number of aromatic nitrogens is 1. The van der Waals surface area contributed by atoms with Gasteiger partial charge in [0.15, 0.2) is 5.13 Å². The maximum Gasteiger partial charge on any atom is 0.229 e. The lowest BCUT2D eigenvalue weighted by Gasteiger charge is -2.07. The van der Waals surface area contributed by atoms with Crippen LogP contribution < -0.4 is 5.32 Å². The number of benzene rings is 1. The fourth-order valence-electron chi connectivity index (χ4n) is 2.64. The van der Waals surface area contributed by atoms with E-state index in [1.54, 1.807) is 0 Å². The number of hydrogen-bond donors (Lipinski definition) is 1. The zero-order chi connectivity index (χ0) is 14.7. The van der Waals surface area contributed by atoms with Crippen molar-refractivity contribution in [3.8, 4) is 17.3 Å². The molecule has 0 bridgehead atoms. The molecule has 1 aliphatic rings. The average molecular weight is 297 g/mol. The standard InChI is InChI=1S/C16H15N3OS/c17-10-13-14(11-6-2-1-3-7-11)18-16(21-13)19-15(20)12-8-4-5-9-12/h1-3,6-7,12H,4-5,8-9H2,(H,18,19,20). The Morgan fingerprint density at radius 3 is 2.67 bits per heavy atom. The van der Waals surface area contributed by atoms with Crippen molar-refractivity contribution in [2.24, 2.45) is 5.92 Å². The normalized spacial score (nSPS) is 14.8. The lowest BCUT2D eigenvalue weighted by molar-refractivity contribution is -0.119. The largest absolute Gasteiger partial charge is 0.302 e. The number of nitrogens with zero attached hydrogens (tertiary/aromatic N) is 2. The van der Waals surface area contributed by atoms with E-state index in [4.69, 9.17) is 0 Å². The quantitative estimate of drug-likeness (QED) is 0.936. The van der Waals surface area contributed by atoms with Gasteiger partial charge in [0, 0.05) is 11.5 Å². The topological polar surface area (TPSA) is 65.8 Å². The number of thiazole rings is 1. The second kappa shape index (κ2) is 6.06. The Kier molecular flexibility index (Phi) is 3.98. The Labute approximate surface area is 127 Å². The van der Waals surface area contributed by atoms with Crippen molar-refractivity contribution in [1.29, 1.82) is 5.26 Å². The van der Waals surface area contributed by atoms with Crippen LogP contribution >= 0.6 is 11.3 Å². The van der Waals surface area contributed by atoms with Crippen LogP contribution in [0.5, 0.6) is 0 Å². The van der Waals surface area contributed by atoms with Gasteiger partial charge in [-0.25, -0.2) is 4.98 Å². The number of amides is 1. The lowest BCUT2D eigenvalue weighted by atomic mass is 10.1. The minimum absolute atomic E-state index is 0.0327. The fourth-order valence-corrected chi connectivity index (χ4v) is 3.42. The molecule has 0 radical (unpaired) electrons. The fraction of sp³-hybridized carbons (Fsp3) is 0.312. The van der Waals surface area contributed by atoms with Gasteiger partial charge in [-0.1, -0.05) is 54.5 Å². The molecule has 3 rings (SSSR count). The van der Waals surface area contributed by atoms with Gasteiger partial charge < -0.3 is 5.32 Å². The summed E-state index contributed by atoms with van der Waals surface area (Å²) in [5, 5.41) is 12.6. The second-order valence-electron chi connectivity index (χ2n) is 5.15. The predicted octanol–water partition coefficient (Wildman–Crippen LogP) is 3.81. The Balaban J connectivity index is 1.83. The molecule has 1 aromatic carbocycles. The molecule has 0 atom stereocenters. The molecule has 0 aliphatic heterocycles. The third kappa shape index (κ3) is 2.96. The van der Waals surface area contributed by atoms with Crippen LogP contribution in [0.2, 0.25) is 0 Å². The van der Waals surface area contributed by atoms with E-state index in [-0.39, 0.29) is 11.8 Å². The van der Waals surface area contributed by atoms with Gasteiger partial charge in [0.1, 0.15) is 16.6 Å². The molecular formula is C16H15N3OS. The Morgan fingerprint density at radius 1 is 1.29 bits per heavy atom. The first-order valence-corrected chi connectivity index (χ1v) is 7.87. The van der Waals surface area contributed by atoms with E-state index in [0.717, 1.165) is 31.2 Å². The first-order valence-electron chi connectivity index (χ1n) is 7.05. The number of nitriles is 1. The molecule has 2 aromatic rings. The molecule has 4 nitrogen and oxygen atoms in total. The van der Waals surface area contributed by atoms with Crippen LogP contribution in [-0.2, 0) is 4.79 Å². The van der Waals surface area contributed by atoms with Gasteiger partial charge in [-0.3, -0.25) is 4.79 Å². The molecule has 0 unspecified atom stereocenters. The molecule has 21 heavy (non-hydrogen) atoms.